The first-order valence-corrected chi connectivity index (χ1v) is 6.88. The van der Waals surface area contributed by atoms with Crippen molar-refractivity contribution >= 4 is 19.0 Å². The van der Waals surface area contributed by atoms with Gasteiger partial charge < -0.3 is 4.52 Å². The van der Waals surface area contributed by atoms with Gasteiger partial charge in [-0.25, -0.2) is 9.55 Å². The molecule has 0 amide bonds. The Labute approximate surface area is 103 Å². The summed E-state index contributed by atoms with van der Waals surface area (Å²) in [5.41, 5.74) is 0.740. The van der Waals surface area contributed by atoms with Crippen molar-refractivity contribution in [2.24, 2.45) is 0 Å². The van der Waals surface area contributed by atoms with E-state index >= 15 is 0 Å². The van der Waals surface area contributed by atoms with E-state index in [2.05, 4.69) is 20.4 Å². The van der Waals surface area contributed by atoms with Gasteiger partial charge in [0.05, 0.1) is 13.2 Å². The Hall–Kier alpha value is -1.50. The van der Waals surface area contributed by atoms with E-state index in [4.69, 9.17) is 13.6 Å². The fourth-order valence-corrected chi connectivity index (χ4v) is 2.54. The predicted octanol–water partition coefficient (Wildman–Crippen LogP) is 1.91. The molecule has 2 aromatic heterocycles. The highest BCUT2D eigenvalue weighted by Gasteiger charge is 2.28. The van der Waals surface area contributed by atoms with Crippen LogP contribution in [0.4, 0.5) is 0 Å². The van der Waals surface area contributed by atoms with E-state index in [1.54, 1.807) is 13.8 Å². The smallest absolute Gasteiger partial charge is 0.401 e. The normalized spacial score (nSPS) is 11.9. The molecule has 0 bridgehead atoms. The maximum atomic E-state index is 12.2. The van der Waals surface area contributed by atoms with Gasteiger partial charge in [-0.05, 0) is 13.8 Å². The second kappa shape index (κ2) is 5.43. The fourth-order valence-electron chi connectivity index (χ4n) is 1.34. The molecule has 0 saturated carbocycles. The summed E-state index contributed by atoms with van der Waals surface area (Å²) in [5, 5.41) is 10.1. The lowest BCUT2D eigenvalue weighted by Crippen LogP contribution is -2.02. The topological polar surface area (TPSA) is 99.2 Å². The minimum atomic E-state index is -3.63. The fraction of sp³-hybridized carbons (Fsp3) is 0.444. The monoisotopic (exact) mass is 272 g/mol. The SMILES string of the molecule is CCOP(=O)(OCC)Oc1ccnc2n[nH]nc12. The number of phosphoric ester groups is 1. The molecule has 0 aliphatic carbocycles. The Morgan fingerprint density at radius 2 is 2.00 bits per heavy atom. The van der Waals surface area contributed by atoms with Crippen molar-refractivity contribution < 1.29 is 18.1 Å². The number of aromatic nitrogens is 4. The lowest BCUT2D eigenvalue weighted by Gasteiger charge is -2.16. The second-order valence-corrected chi connectivity index (χ2v) is 4.77. The summed E-state index contributed by atoms with van der Waals surface area (Å²) in [5.74, 6) is 0.249. The van der Waals surface area contributed by atoms with Gasteiger partial charge in [-0.15, -0.1) is 5.10 Å². The molecular weight excluding hydrogens is 259 g/mol. The number of pyridine rings is 1. The van der Waals surface area contributed by atoms with E-state index in [1.807, 2.05) is 0 Å². The Morgan fingerprint density at radius 1 is 1.28 bits per heavy atom. The molecule has 18 heavy (non-hydrogen) atoms. The van der Waals surface area contributed by atoms with Gasteiger partial charge in [-0.2, -0.15) is 10.3 Å². The Morgan fingerprint density at radius 3 is 2.67 bits per heavy atom. The third kappa shape index (κ3) is 2.66. The summed E-state index contributed by atoms with van der Waals surface area (Å²) in [4.78, 5) is 3.97. The standard InChI is InChI=1S/C9H13N4O4P/c1-3-15-18(14,16-4-2)17-7-5-6-10-9-8(7)11-13-12-9/h5-6H,3-4H2,1-2H3,(H,10,11,12,13). The Bertz CT molecular complexity index is 562. The van der Waals surface area contributed by atoms with Crippen LogP contribution in [0.1, 0.15) is 13.8 Å². The molecule has 2 aromatic rings. The number of fused-ring (bicyclic) bond motifs is 1. The summed E-state index contributed by atoms with van der Waals surface area (Å²) in [7, 11) is -3.63. The number of hydrogen-bond acceptors (Lipinski definition) is 7. The lowest BCUT2D eigenvalue weighted by atomic mass is 10.4. The van der Waals surface area contributed by atoms with Crippen molar-refractivity contribution in [3.05, 3.63) is 12.3 Å². The molecule has 98 valence electrons. The number of nitrogens with zero attached hydrogens (tertiary/aromatic N) is 3. The molecule has 2 heterocycles. The summed E-state index contributed by atoms with van der Waals surface area (Å²) >= 11 is 0. The van der Waals surface area contributed by atoms with Crippen LogP contribution in [0.3, 0.4) is 0 Å². The van der Waals surface area contributed by atoms with Crippen LogP contribution in [0.15, 0.2) is 12.3 Å². The number of nitrogens with one attached hydrogen (secondary N) is 1. The van der Waals surface area contributed by atoms with Gasteiger partial charge in [0.15, 0.2) is 11.3 Å². The average molecular weight is 272 g/mol. The molecule has 0 radical (unpaired) electrons. The van der Waals surface area contributed by atoms with Crippen molar-refractivity contribution in [2.75, 3.05) is 13.2 Å². The van der Waals surface area contributed by atoms with Crippen molar-refractivity contribution in [3.63, 3.8) is 0 Å². The molecule has 2 rings (SSSR count). The number of aromatic amines is 1. The lowest BCUT2D eigenvalue weighted by molar-refractivity contribution is 0.168. The highest BCUT2D eigenvalue weighted by atomic mass is 31.2. The first-order chi connectivity index (χ1) is 8.68. The van der Waals surface area contributed by atoms with Crippen LogP contribution < -0.4 is 4.52 Å². The maximum Gasteiger partial charge on any atom is 0.530 e. The van der Waals surface area contributed by atoms with Gasteiger partial charge in [0, 0.05) is 12.3 Å². The first-order valence-electron chi connectivity index (χ1n) is 5.42. The van der Waals surface area contributed by atoms with E-state index in [0.717, 1.165) is 0 Å². The molecule has 0 spiro atoms. The third-order valence-electron chi connectivity index (χ3n) is 1.97. The van der Waals surface area contributed by atoms with Gasteiger partial charge in [-0.3, -0.25) is 9.05 Å². The summed E-state index contributed by atoms with van der Waals surface area (Å²) < 4.78 is 27.6. The maximum absolute atomic E-state index is 12.2. The van der Waals surface area contributed by atoms with E-state index in [0.29, 0.717) is 11.2 Å². The van der Waals surface area contributed by atoms with Gasteiger partial charge in [0.1, 0.15) is 0 Å². The Balaban J connectivity index is 2.31. The van der Waals surface area contributed by atoms with E-state index in [1.165, 1.54) is 12.3 Å². The molecule has 8 nitrogen and oxygen atoms in total. The second-order valence-electron chi connectivity index (χ2n) is 3.18. The van der Waals surface area contributed by atoms with E-state index in [9.17, 15) is 4.57 Å². The molecular formula is C9H13N4O4P. The highest BCUT2D eigenvalue weighted by molar-refractivity contribution is 7.48. The number of H-pyrrole nitrogens is 1. The van der Waals surface area contributed by atoms with Crippen molar-refractivity contribution in [3.8, 4) is 5.75 Å². The van der Waals surface area contributed by atoms with Crippen LogP contribution in [0, 0.1) is 0 Å². The van der Waals surface area contributed by atoms with Crippen molar-refractivity contribution in [2.45, 2.75) is 13.8 Å². The minimum absolute atomic E-state index is 0.213. The van der Waals surface area contributed by atoms with Crippen LogP contribution in [0.5, 0.6) is 5.75 Å². The van der Waals surface area contributed by atoms with E-state index < -0.39 is 7.82 Å². The van der Waals surface area contributed by atoms with Crippen molar-refractivity contribution in [1.82, 2.24) is 20.4 Å². The zero-order valence-corrected chi connectivity index (χ0v) is 10.9. The molecule has 0 atom stereocenters. The Kier molecular flexibility index (Phi) is 3.90. The van der Waals surface area contributed by atoms with Crippen LogP contribution in [-0.2, 0) is 13.6 Å². The molecule has 0 fully saturated rings. The zero-order chi connectivity index (χ0) is 13.0. The quantitative estimate of drug-likeness (QED) is 0.801. The summed E-state index contributed by atoms with van der Waals surface area (Å²) in [6.07, 6.45) is 1.47. The average Bonchev–Trinajstić information content (AvgIpc) is 2.78. The zero-order valence-electron chi connectivity index (χ0n) is 9.99. The van der Waals surface area contributed by atoms with Crippen LogP contribution in [0.25, 0.3) is 11.2 Å². The molecule has 0 aliphatic rings. The molecule has 0 aromatic carbocycles. The van der Waals surface area contributed by atoms with E-state index in [-0.39, 0.29) is 19.0 Å². The predicted molar refractivity (Wildman–Crippen MR) is 63.2 cm³/mol. The van der Waals surface area contributed by atoms with Gasteiger partial charge >= 0.3 is 7.82 Å². The molecule has 0 saturated heterocycles. The molecule has 9 heteroatoms. The first kappa shape index (κ1) is 12.9. The highest BCUT2D eigenvalue weighted by Crippen LogP contribution is 2.50. The van der Waals surface area contributed by atoms with Gasteiger partial charge in [0.2, 0.25) is 5.65 Å². The molecule has 0 aliphatic heterocycles. The number of hydrogen-bond donors (Lipinski definition) is 1. The molecule has 1 N–H and O–H groups in total. The van der Waals surface area contributed by atoms with Gasteiger partial charge in [0.25, 0.3) is 0 Å². The van der Waals surface area contributed by atoms with Crippen molar-refractivity contribution in [1.29, 1.82) is 0 Å². The largest absolute Gasteiger partial charge is 0.530 e. The van der Waals surface area contributed by atoms with Gasteiger partial charge in [-0.1, -0.05) is 0 Å². The summed E-state index contributed by atoms with van der Waals surface area (Å²) in [6.45, 7) is 3.83. The number of rotatable bonds is 6. The molecule has 0 unspecified atom stereocenters. The minimum Gasteiger partial charge on any atom is -0.401 e. The third-order valence-corrected chi connectivity index (χ3v) is 3.54. The van der Waals surface area contributed by atoms with Crippen LogP contribution >= 0.6 is 7.82 Å². The van der Waals surface area contributed by atoms with Crippen LogP contribution in [0.2, 0.25) is 0 Å². The number of phosphoric acid groups is 1. The summed E-state index contributed by atoms with van der Waals surface area (Å²) in [6, 6.07) is 1.52. The van der Waals surface area contributed by atoms with Crippen LogP contribution in [-0.4, -0.2) is 33.6 Å².